The third kappa shape index (κ3) is 4.60. The van der Waals surface area contributed by atoms with E-state index in [9.17, 15) is 4.79 Å². The van der Waals surface area contributed by atoms with E-state index in [-0.39, 0.29) is 5.91 Å². The van der Waals surface area contributed by atoms with Gasteiger partial charge in [0.1, 0.15) is 5.15 Å². The highest BCUT2D eigenvalue weighted by Gasteiger charge is 2.20. The molecule has 0 aliphatic heterocycles. The maximum atomic E-state index is 12.4. The smallest absolute Gasteiger partial charge is 0.246 e. The molecule has 1 aliphatic carbocycles. The summed E-state index contributed by atoms with van der Waals surface area (Å²) in [5, 5.41) is 5.09. The molecule has 1 fully saturated rings. The van der Waals surface area contributed by atoms with E-state index >= 15 is 0 Å². The van der Waals surface area contributed by atoms with Crippen LogP contribution in [-0.2, 0) is 11.3 Å². The monoisotopic (exact) mass is 337 g/mol. The molecule has 2 rings (SSSR count). The number of hydrogen-bond donors (Lipinski definition) is 0. The van der Waals surface area contributed by atoms with Gasteiger partial charge in [0.2, 0.25) is 5.91 Å². The number of aromatic nitrogens is 2. The molecule has 0 bridgehead atoms. The van der Waals surface area contributed by atoms with Crippen molar-refractivity contribution in [1.82, 2.24) is 14.7 Å². The molecule has 0 unspecified atom stereocenters. The van der Waals surface area contributed by atoms with Crippen molar-refractivity contribution in [2.24, 2.45) is 0 Å². The predicted octanol–water partition coefficient (Wildman–Crippen LogP) is 4.45. The van der Waals surface area contributed by atoms with Gasteiger partial charge in [-0.25, -0.2) is 0 Å². The molecule has 23 heavy (non-hydrogen) atoms. The van der Waals surface area contributed by atoms with E-state index in [0.717, 1.165) is 43.5 Å². The summed E-state index contributed by atoms with van der Waals surface area (Å²) >= 11 is 6.40. The Bertz CT molecular complexity index is 559. The fourth-order valence-corrected chi connectivity index (χ4v) is 3.46. The van der Waals surface area contributed by atoms with Crippen LogP contribution in [0.5, 0.6) is 0 Å². The molecule has 1 saturated carbocycles. The Balaban J connectivity index is 2.04. The van der Waals surface area contributed by atoms with Gasteiger partial charge in [-0.1, -0.05) is 44.2 Å². The fourth-order valence-electron chi connectivity index (χ4n) is 3.13. The van der Waals surface area contributed by atoms with Crippen LogP contribution >= 0.6 is 11.6 Å². The zero-order chi connectivity index (χ0) is 16.8. The lowest BCUT2D eigenvalue weighted by Gasteiger charge is -2.30. The average Bonchev–Trinajstić information content (AvgIpc) is 2.84. The minimum absolute atomic E-state index is 0.0497. The summed E-state index contributed by atoms with van der Waals surface area (Å²) in [5.41, 5.74) is 1.73. The van der Waals surface area contributed by atoms with Gasteiger partial charge in [-0.05, 0) is 32.3 Å². The Morgan fingerprint density at radius 2 is 2.09 bits per heavy atom. The number of halogens is 1. The first-order chi connectivity index (χ1) is 11.0. The van der Waals surface area contributed by atoms with Crippen LogP contribution in [0.1, 0.15) is 63.1 Å². The van der Waals surface area contributed by atoms with Crippen LogP contribution in [0.25, 0.3) is 6.08 Å². The lowest BCUT2D eigenvalue weighted by atomic mass is 9.94. The molecule has 5 heteroatoms. The number of unbranched alkanes of at least 4 members (excludes halogenated alkanes) is 1. The molecular weight excluding hydrogens is 310 g/mol. The van der Waals surface area contributed by atoms with Gasteiger partial charge in [0.05, 0.1) is 5.69 Å². The molecule has 0 spiro atoms. The second kappa shape index (κ2) is 8.53. The zero-order valence-corrected chi connectivity index (χ0v) is 15.3. The van der Waals surface area contributed by atoms with Crippen molar-refractivity contribution in [3.8, 4) is 0 Å². The molecule has 1 amide bonds. The van der Waals surface area contributed by atoms with Crippen molar-refractivity contribution >= 4 is 23.6 Å². The topological polar surface area (TPSA) is 38.1 Å². The fraction of sp³-hybridized carbons (Fsp3) is 0.667. The van der Waals surface area contributed by atoms with Gasteiger partial charge >= 0.3 is 0 Å². The van der Waals surface area contributed by atoms with E-state index in [1.54, 1.807) is 6.08 Å². The zero-order valence-electron chi connectivity index (χ0n) is 14.5. The van der Waals surface area contributed by atoms with Crippen LogP contribution in [0.2, 0.25) is 5.15 Å². The second-order valence-corrected chi connectivity index (χ2v) is 6.80. The molecule has 1 heterocycles. The van der Waals surface area contributed by atoms with E-state index in [0.29, 0.717) is 11.2 Å². The Hall–Kier alpha value is -1.29. The lowest BCUT2D eigenvalue weighted by Crippen LogP contribution is -2.37. The first kappa shape index (κ1) is 18.1. The molecule has 4 nitrogen and oxygen atoms in total. The lowest BCUT2D eigenvalue weighted by molar-refractivity contribution is -0.127. The van der Waals surface area contributed by atoms with Crippen molar-refractivity contribution in [1.29, 1.82) is 0 Å². The quantitative estimate of drug-likeness (QED) is 0.719. The summed E-state index contributed by atoms with van der Waals surface area (Å²) in [6.07, 6.45) is 11.6. The maximum absolute atomic E-state index is 12.4. The number of hydrogen-bond acceptors (Lipinski definition) is 2. The van der Waals surface area contributed by atoms with Crippen molar-refractivity contribution in [3.05, 3.63) is 22.5 Å². The third-order valence-corrected chi connectivity index (χ3v) is 5.09. The number of aryl methyl sites for hydroxylation is 2. The largest absolute Gasteiger partial charge is 0.339 e. The van der Waals surface area contributed by atoms with Gasteiger partial charge in [0.15, 0.2) is 0 Å². The van der Waals surface area contributed by atoms with Crippen molar-refractivity contribution in [3.63, 3.8) is 0 Å². The summed E-state index contributed by atoms with van der Waals surface area (Å²) in [4.78, 5) is 14.3. The van der Waals surface area contributed by atoms with E-state index in [1.165, 1.54) is 19.3 Å². The molecule has 0 N–H and O–H groups in total. The van der Waals surface area contributed by atoms with Crippen molar-refractivity contribution in [2.75, 3.05) is 7.05 Å². The molecule has 0 saturated heterocycles. The number of carbonyl (C=O) groups excluding carboxylic acids is 1. The van der Waals surface area contributed by atoms with Crippen molar-refractivity contribution in [2.45, 2.75) is 71.4 Å². The summed E-state index contributed by atoms with van der Waals surface area (Å²) in [6, 6.07) is 0.379. The molecule has 128 valence electrons. The van der Waals surface area contributed by atoms with Gasteiger partial charge in [0.25, 0.3) is 0 Å². The van der Waals surface area contributed by atoms with Crippen LogP contribution < -0.4 is 0 Å². The van der Waals surface area contributed by atoms with Crippen molar-refractivity contribution < 1.29 is 4.79 Å². The van der Waals surface area contributed by atoms with Crippen LogP contribution in [0.4, 0.5) is 0 Å². The Morgan fingerprint density at radius 3 is 2.74 bits per heavy atom. The van der Waals surface area contributed by atoms with Gasteiger partial charge < -0.3 is 4.90 Å². The van der Waals surface area contributed by atoms with Crippen LogP contribution in [-0.4, -0.2) is 33.7 Å². The third-order valence-electron chi connectivity index (χ3n) is 4.70. The molecule has 0 atom stereocenters. The maximum Gasteiger partial charge on any atom is 0.246 e. The highest BCUT2D eigenvalue weighted by molar-refractivity contribution is 6.31. The molecule has 1 aromatic rings. The van der Waals surface area contributed by atoms with Gasteiger partial charge in [-0.3, -0.25) is 9.48 Å². The molecule has 1 aliphatic rings. The first-order valence-electron chi connectivity index (χ1n) is 8.72. The van der Waals surface area contributed by atoms with Crippen LogP contribution in [0.15, 0.2) is 6.08 Å². The normalized spacial score (nSPS) is 16.2. The van der Waals surface area contributed by atoms with E-state index in [1.807, 2.05) is 29.6 Å². The van der Waals surface area contributed by atoms with Crippen LogP contribution in [0, 0.1) is 6.92 Å². The number of amides is 1. The Kier molecular flexibility index (Phi) is 6.70. The molecule has 1 aromatic heterocycles. The predicted molar refractivity (Wildman–Crippen MR) is 95.6 cm³/mol. The minimum atomic E-state index is 0.0497. The van der Waals surface area contributed by atoms with Crippen LogP contribution in [0.3, 0.4) is 0 Å². The highest BCUT2D eigenvalue weighted by atomic mass is 35.5. The second-order valence-electron chi connectivity index (χ2n) is 6.44. The summed E-state index contributed by atoms with van der Waals surface area (Å²) in [5.74, 6) is 0.0497. The molecule has 0 radical (unpaired) electrons. The Morgan fingerprint density at radius 1 is 1.39 bits per heavy atom. The summed E-state index contributed by atoms with van der Waals surface area (Å²) in [6.45, 7) is 4.90. The number of nitrogens with zero attached hydrogens (tertiary/aromatic N) is 3. The number of carbonyl (C=O) groups is 1. The minimum Gasteiger partial charge on any atom is -0.339 e. The van der Waals surface area contributed by atoms with Gasteiger partial charge in [-0.2, -0.15) is 5.10 Å². The highest BCUT2D eigenvalue weighted by Crippen LogP contribution is 2.24. The first-order valence-corrected chi connectivity index (χ1v) is 9.10. The number of likely N-dealkylation sites (N-methyl/N-ethyl adjacent to an activating group) is 1. The average molecular weight is 338 g/mol. The van der Waals surface area contributed by atoms with E-state index in [2.05, 4.69) is 12.0 Å². The number of rotatable bonds is 6. The summed E-state index contributed by atoms with van der Waals surface area (Å²) in [7, 11) is 1.90. The Labute approximate surface area is 144 Å². The molecule has 0 aromatic carbocycles. The SMILES string of the molecule is CCCCn1nc(C)c(/C=C/C(=O)N(C)C2CCCCC2)c1Cl. The summed E-state index contributed by atoms with van der Waals surface area (Å²) < 4.78 is 1.83. The van der Waals surface area contributed by atoms with E-state index < -0.39 is 0 Å². The standard InChI is InChI=1S/C18H28ClN3O/c1-4-5-13-22-18(19)16(14(2)20-22)11-12-17(23)21(3)15-9-7-6-8-10-15/h11-12,15H,4-10,13H2,1-3H3/b12-11+. The van der Waals surface area contributed by atoms with E-state index in [4.69, 9.17) is 11.6 Å². The van der Waals surface area contributed by atoms with Gasteiger partial charge in [0, 0.05) is 31.3 Å². The molecular formula is C18H28ClN3O. The van der Waals surface area contributed by atoms with Gasteiger partial charge in [-0.15, -0.1) is 0 Å².